The van der Waals surface area contributed by atoms with Gasteiger partial charge in [0.25, 0.3) is 0 Å². The van der Waals surface area contributed by atoms with Crippen LogP contribution in [0.4, 0.5) is 0 Å². The zero-order valence-corrected chi connectivity index (χ0v) is 11.5. The summed E-state index contributed by atoms with van der Waals surface area (Å²) in [6.07, 6.45) is 2.37. The molecule has 0 aromatic carbocycles. The van der Waals surface area contributed by atoms with Crippen LogP contribution in [-0.2, 0) is 0 Å². The molecule has 1 aliphatic rings. The zero-order chi connectivity index (χ0) is 12.5. The summed E-state index contributed by atoms with van der Waals surface area (Å²) in [6, 6.07) is 6.84. The van der Waals surface area contributed by atoms with Crippen molar-refractivity contribution in [2.75, 3.05) is 0 Å². The summed E-state index contributed by atoms with van der Waals surface area (Å²) in [6.45, 7) is 1.89. The van der Waals surface area contributed by atoms with E-state index in [0.29, 0.717) is 6.04 Å². The summed E-state index contributed by atoms with van der Waals surface area (Å²) in [5, 5.41) is 20.3. The summed E-state index contributed by atoms with van der Waals surface area (Å²) in [4.78, 5) is 1.14. The second-order valence-corrected chi connectivity index (χ2v) is 6.53. The van der Waals surface area contributed by atoms with Crippen LogP contribution >= 0.6 is 23.1 Å². The molecule has 2 aromatic rings. The molecule has 0 unspecified atom stereocenters. The van der Waals surface area contributed by atoms with E-state index in [1.54, 1.807) is 11.3 Å². The van der Waals surface area contributed by atoms with Crippen molar-refractivity contribution < 1.29 is 0 Å². The van der Waals surface area contributed by atoms with Crippen LogP contribution in [0.15, 0.2) is 22.7 Å². The van der Waals surface area contributed by atoms with Gasteiger partial charge in [0.1, 0.15) is 0 Å². The lowest BCUT2D eigenvalue weighted by atomic mass is 10.4. The van der Waals surface area contributed by atoms with Crippen molar-refractivity contribution in [2.45, 2.75) is 36.2 Å². The van der Waals surface area contributed by atoms with Crippen molar-refractivity contribution >= 4 is 23.1 Å². The first-order valence-electron chi connectivity index (χ1n) is 5.84. The third-order valence-electron chi connectivity index (χ3n) is 2.78. The topological polar surface area (TPSA) is 54.5 Å². The summed E-state index contributed by atoms with van der Waals surface area (Å²) in [5.41, 5.74) is 0. The van der Waals surface area contributed by atoms with Gasteiger partial charge in [0.2, 0.25) is 0 Å². The van der Waals surface area contributed by atoms with Crippen molar-refractivity contribution in [1.82, 2.24) is 14.8 Å². The van der Waals surface area contributed by atoms with Crippen LogP contribution in [0.2, 0.25) is 0 Å². The highest BCUT2D eigenvalue weighted by atomic mass is 32.2. The van der Waals surface area contributed by atoms with E-state index in [9.17, 15) is 0 Å². The number of thioether (sulfide) groups is 1. The highest BCUT2D eigenvalue weighted by Gasteiger charge is 2.30. The number of rotatable bonds is 4. The average molecular weight is 276 g/mol. The molecule has 4 nitrogen and oxygen atoms in total. The molecule has 1 fully saturated rings. The Balaban J connectivity index is 1.99. The van der Waals surface area contributed by atoms with Gasteiger partial charge in [-0.3, -0.25) is 4.57 Å². The summed E-state index contributed by atoms with van der Waals surface area (Å²) in [7, 11) is 0. The SMILES string of the molecule is C[C@H](C#N)Sc1nnc(-c2cccs2)n1C1CC1. The van der Waals surface area contributed by atoms with Crippen molar-refractivity contribution in [1.29, 1.82) is 5.26 Å². The maximum Gasteiger partial charge on any atom is 0.193 e. The number of nitrogens with zero attached hydrogens (tertiary/aromatic N) is 4. The number of aromatic nitrogens is 3. The number of hydrogen-bond donors (Lipinski definition) is 0. The van der Waals surface area contributed by atoms with Gasteiger partial charge in [0, 0.05) is 6.04 Å². The lowest BCUT2D eigenvalue weighted by molar-refractivity contribution is 0.669. The Morgan fingerprint density at radius 2 is 2.39 bits per heavy atom. The molecule has 0 saturated heterocycles. The second kappa shape index (κ2) is 4.75. The molecule has 0 aliphatic heterocycles. The van der Waals surface area contributed by atoms with E-state index >= 15 is 0 Å². The van der Waals surface area contributed by atoms with E-state index in [1.165, 1.54) is 24.6 Å². The van der Waals surface area contributed by atoms with Crippen molar-refractivity contribution in [3.8, 4) is 16.8 Å². The standard InChI is InChI=1S/C12H12N4S2/c1-8(7-13)18-12-15-14-11(10-3-2-6-17-10)16(12)9-4-5-9/h2-3,6,8-9H,4-5H2,1H3/t8-/m1/s1. The largest absolute Gasteiger partial charge is 0.298 e. The summed E-state index contributed by atoms with van der Waals surface area (Å²) >= 11 is 3.17. The van der Waals surface area contributed by atoms with Crippen molar-refractivity contribution in [3.63, 3.8) is 0 Å². The molecule has 3 rings (SSSR count). The predicted octanol–water partition coefficient (Wildman–Crippen LogP) is 3.35. The molecular formula is C12H12N4S2. The van der Waals surface area contributed by atoms with Crippen LogP contribution < -0.4 is 0 Å². The van der Waals surface area contributed by atoms with Gasteiger partial charge in [-0.15, -0.1) is 21.5 Å². The lowest BCUT2D eigenvalue weighted by Crippen LogP contribution is -2.01. The minimum Gasteiger partial charge on any atom is -0.298 e. The molecule has 2 aromatic heterocycles. The van der Waals surface area contributed by atoms with Crippen LogP contribution in [0.3, 0.4) is 0 Å². The highest BCUT2D eigenvalue weighted by Crippen LogP contribution is 2.42. The highest BCUT2D eigenvalue weighted by molar-refractivity contribution is 8.00. The summed E-state index contributed by atoms with van der Waals surface area (Å²) in [5.74, 6) is 0.945. The van der Waals surface area contributed by atoms with E-state index in [0.717, 1.165) is 15.9 Å². The van der Waals surface area contributed by atoms with E-state index in [1.807, 2.05) is 18.4 Å². The molecule has 1 aliphatic carbocycles. The van der Waals surface area contributed by atoms with Crippen LogP contribution in [0, 0.1) is 11.3 Å². The first-order valence-corrected chi connectivity index (χ1v) is 7.60. The second-order valence-electron chi connectivity index (χ2n) is 4.27. The average Bonchev–Trinajstić information content (AvgIpc) is 2.92. The van der Waals surface area contributed by atoms with E-state index in [4.69, 9.17) is 5.26 Å². The maximum absolute atomic E-state index is 8.91. The fraction of sp³-hybridized carbons (Fsp3) is 0.417. The Labute approximate surface area is 114 Å². The number of hydrogen-bond acceptors (Lipinski definition) is 5. The molecule has 1 saturated carbocycles. The molecule has 6 heteroatoms. The fourth-order valence-corrected chi connectivity index (χ4v) is 3.29. The van der Waals surface area contributed by atoms with Gasteiger partial charge in [-0.05, 0) is 31.2 Å². The molecule has 18 heavy (non-hydrogen) atoms. The van der Waals surface area contributed by atoms with Crippen LogP contribution in [-0.4, -0.2) is 20.0 Å². The smallest absolute Gasteiger partial charge is 0.193 e. The van der Waals surface area contributed by atoms with E-state index < -0.39 is 0 Å². The Morgan fingerprint density at radius 3 is 3.00 bits per heavy atom. The normalized spacial score (nSPS) is 16.4. The van der Waals surface area contributed by atoms with E-state index in [2.05, 4.69) is 26.9 Å². The Bertz CT molecular complexity index is 578. The predicted molar refractivity (Wildman–Crippen MR) is 72.5 cm³/mol. The molecule has 0 N–H and O–H groups in total. The lowest BCUT2D eigenvalue weighted by Gasteiger charge is -2.07. The molecule has 92 valence electrons. The molecule has 0 radical (unpaired) electrons. The van der Waals surface area contributed by atoms with Crippen LogP contribution in [0.25, 0.3) is 10.7 Å². The number of thiophene rings is 1. The monoisotopic (exact) mass is 276 g/mol. The molecule has 2 heterocycles. The van der Waals surface area contributed by atoms with Gasteiger partial charge in [0.05, 0.1) is 16.2 Å². The maximum atomic E-state index is 8.91. The van der Waals surface area contributed by atoms with Gasteiger partial charge in [-0.2, -0.15) is 5.26 Å². The summed E-state index contributed by atoms with van der Waals surface area (Å²) < 4.78 is 2.20. The van der Waals surface area contributed by atoms with Gasteiger partial charge < -0.3 is 0 Å². The Kier molecular flexibility index (Phi) is 3.10. The molecule has 0 spiro atoms. The Morgan fingerprint density at radius 1 is 1.56 bits per heavy atom. The minimum atomic E-state index is -0.0946. The van der Waals surface area contributed by atoms with Crippen LogP contribution in [0.5, 0.6) is 0 Å². The van der Waals surface area contributed by atoms with Crippen molar-refractivity contribution in [2.24, 2.45) is 0 Å². The zero-order valence-electron chi connectivity index (χ0n) is 9.91. The molecule has 1 atom stereocenters. The van der Waals surface area contributed by atoms with Crippen LogP contribution in [0.1, 0.15) is 25.8 Å². The van der Waals surface area contributed by atoms with Crippen molar-refractivity contribution in [3.05, 3.63) is 17.5 Å². The minimum absolute atomic E-state index is 0.0946. The van der Waals surface area contributed by atoms with Gasteiger partial charge in [0.15, 0.2) is 11.0 Å². The molecule has 0 bridgehead atoms. The van der Waals surface area contributed by atoms with Gasteiger partial charge in [-0.1, -0.05) is 17.8 Å². The molecular weight excluding hydrogens is 264 g/mol. The first-order chi connectivity index (χ1) is 8.79. The van der Waals surface area contributed by atoms with Gasteiger partial charge >= 0.3 is 0 Å². The first kappa shape index (κ1) is 11.8. The van der Waals surface area contributed by atoms with E-state index in [-0.39, 0.29) is 5.25 Å². The molecule has 0 amide bonds. The van der Waals surface area contributed by atoms with Gasteiger partial charge in [-0.25, -0.2) is 0 Å². The number of nitriles is 1. The fourth-order valence-electron chi connectivity index (χ4n) is 1.78. The third kappa shape index (κ3) is 2.16. The quantitative estimate of drug-likeness (QED) is 0.804. The third-order valence-corrected chi connectivity index (χ3v) is 4.60. The Hall–Kier alpha value is -1.32.